The van der Waals surface area contributed by atoms with E-state index in [2.05, 4.69) is 31.2 Å². The van der Waals surface area contributed by atoms with Gasteiger partial charge in [0.25, 0.3) is 5.91 Å². The monoisotopic (exact) mass is 423 g/mol. The van der Waals surface area contributed by atoms with Crippen LogP contribution >= 0.6 is 0 Å². The number of hydrogen-bond acceptors (Lipinski definition) is 4. The fraction of sp³-hybridized carbons (Fsp3) is 0.500. The van der Waals surface area contributed by atoms with Crippen molar-refractivity contribution in [3.8, 4) is 5.75 Å². The van der Waals surface area contributed by atoms with Crippen LogP contribution in [0, 0.1) is 6.92 Å². The van der Waals surface area contributed by atoms with Crippen LogP contribution in [0.4, 0.5) is 0 Å². The first kappa shape index (κ1) is 21.8. The number of carbonyl (C=O) groups excluding carboxylic acids is 1. The molecule has 166 valence electrons. The maximum Gasteiger partial charge on any atom is 0.257 e. The molecule has 4 rings (SSSR count). The van der Waals surface area contributed by atoms with Gasteiger partial charge in [-0.3, -0.25) is 4.79 Å². The second-order valence-corrected chi connectivity index (χ2v) is 8.67. The van der Waals surface area contributed by atoms with E-state index in [1.54, 1.807) is 7.11 Å². The Kier molecular flexibility index (Phi) is 6.63. The van der Waals surface area contributed by atoms with E-state index in [9.17, 15) is 4.79 Å². The van der Waals surface area contributed by atoms with Gasteiger partial charge in [0.2, 0.25) is 0 Å². The normalized spacial score (nSPS) is 23.0. The van der Waals surface area contributed by atoms with Crippen molar-refractivity contribution in [3.63, 3.8) is 0 Å². The summed E-state index contributed by atoms with van der Waals surface area (Å²) in [5, 5.41) is 0. The molecule has 2 atom stereocenters. The number of aryl methyl sites for hydroxylation is 1. The molecule has 2 aromatic carbocycles. The molecule has 2 heterocycles. The Labute approximate surface area is 185 Å². The molecular formula is C26H33NO4. The van der Waals surface area contributed by atoms with Crippen LogP contribution in [0.3, 0.4) is 0 Å². The molecule has 31 heavy (non-hydrogen) atoms. The summed E-state index contributed by atoms with van der Waals surface area (Å²) in [4.78, 5) is 15.2. The number of nitrogens with zero attached hydrogens (tertiary/aromatic N) is 1. The van der Waals surface area contributed by atoms with Crippen LogP contribution in [0.1, 0.15) is 60.2 Å². The first-order valence-electron chi connectivity index (χ1n) is 11.3. The van der Waals surface area contributed by atoms with E-state index in [1.807, 2.05) is 36.1 Å². The van der Waals surface area contributed by atoms with Crippen molar-refractivity contribution < 1.29 is 19.0 Å². The largest absolute Gasteiger partial charge is 0.496 e. The highest BCUT2D eigenvalue weighted by Crippen LogP contribution is 2.44. The van der Waals surface area contributed by atoms with Gasteiger partial charge < -0.3 is 19.1 Å². The molecule has 0 radical (unpaired) electrons. The van der Waals surface area contributed by atoms with Gasteiger partial charge in [0.15, 0.2) is 0 Å². The van der Waals surface area contributed by atoms with Crippen molar-refractivity contribution in [2.24, 2.45) is 0 Å². The molecule has 0 aromatic heterocycles. The number of ether oxygens (including phenoxy) is 3. The smallest absolute Gasteiger partial charge is 0.257 e. The van der Waals surface area contributed by atoms with Crippen molar-refractivity contribution in [2.75, 3.05) is 26.8 Å². The molecule has 2 aliphatic rings. The van der Waals surface area contributed by atoms with Crippen molar-refractivity contribution in [1.29, 1.82) is 0 Å². The number of likely N-dealkylation sites (tertiary alicyclic amines) is 1. The third-order valence-corrected chi connectivity index (χ3v) is 6.65. The van der Waals surface area contributed by atoms with E-state index < -0.39 is 0 Å². The Morgan fingerprint density at radius 2 is 1.87 bits per heavy atom. The molecule has 0 bridgehead atoms. The van der Waals surface area contributed by atoms with Crippen LogP contribution in [0.25, 0.3) is 0 Å². The molecule has 2 unspecified atom stereocenters. The molecule has 5 nitrogen and oxygen atoms in total. The van der Waals surface area contributed by atoms with Gasteiger partial charge in [0.1, 0.15) is 5.75 Å². The van der Waals surface area contributed by atoms with Gasteiger partial charge in [-0.1, -0.05) is 42.5 Å². The quantitative estimate of drug-likeness (QED) is 0.684. The molecule has 0 aliphatic carbocycles. The minimum atomic E-state index is -0.244. The summed E-state index contributed by atoms with van der Waals surface area (Å²) in [7, 11) is 1.62. The number of para-hydroxylation sites is 1. The Morgan fingerprint density at radius 1 is 1.13 bits per heavy atom. The summed E-state index contributed by atoms with van der Waals surface area (Å²) in [6.07, 6.45) is 3.62. The molecule has 0 saturated carbocycles. The van der Waals surface area contributed by atoms with E-state index >= 15 is 0 Å². The van der Waals surface area contributed by atoms with Crippen LogP contribution in [-0.4, -0.2) is 49.3 Å². The number of hydrogen-bond donors (Lipinski definition) is 0. The Hall–Kier alpha value is -2.37. The first-order chi connectivity index (χ1) is 15.0. The third kappa shape index (κ3) is 4.63. The standard InChI is InChI=1S/C26H33NO4/c1-4-30-21-17-23(20-10-6-5-7-11-20)31-26(18-21)13-15-27(16-14-26)25(28)22-12-8-9-19(2)24(22)29-3/h5-12,21,23H,4,13-18H2,1-3H3. The van der Waals surface area contributed by atoms with Crippen LogP contribution in [0.2, 0.25) is 0 Å². The second-order valence-electron chi connectivity index (χ2n) is 8.67. The minimum Gasteiger partial charge on any atom is -0.496 e. The number of carbonyl (C=O) groups is 1. The zero-order valence-electron chi connectivity index (χ0n) is 18.8. The Balaban J connectivity index is 1.49. The molecule has 0 N–H and O–H groups in total. The highest BCUT2D eigenvalue weighted by atomic mass is 16.5. The zero-order chi connectivity index (χ0) is 21.8. The highest BCUT2D eigenvalue weighted by molar-refractivity contribution is 5.97. The van der Waals surface area contributed by atoms with Gasteiger partial charge >= 0.3 is 0 Å². The van der Waals surface area contributed by atoms with E-state index in [0.717, 1.165) is 31.2 Å². The average Bonchev–Trinajstić information content (AvgIpc) is 2.79. The van der Waals surface area contributed by atoms with E-state index in [1.165, 1.54) is 5.56 Å². The molecule has 5 heteroatoms. The Bertz CT molecular complexity index is 890. The fourth-order valence-electron chi connectivity index (χ4n) is 5.07. The maximum absolute atomic E-state index is 13.2. The molecule has 2 fully saturated rings. The lowest BCUT2D eigenvalue weighted by Gasteiger charge is -2.48. The van der Waals surface area contributed by atoms with Gasteiger partial charge in [0.05, 0.1) is 30.5 Å². The number of methoxy groups -OCH3 is 1. The number of piperidine rings is 1. The van der Waals surface area contributed by atoms with Crippen LogP contribution in [0.15, 0.2) is 48.5 Å². The van der Waals surface area contributed by atoms with Gasteiger partial charge in [-0.2, -0.15) is 0 Å². The topological polar surface area (TPSA) is 48.0 Å². The molecule has 2 aliphatic heterocycles. The van der Waals surface area contributed by atoms with Crippen LogP contribution in [0.5, 0.6) is 5.75 Å². The molecule has 2 aromatic rings. The predicted molar refractivity (Wildman–Crippen MR) is 121 cm³/mol. The third-order valence-electron chi connectivity index (χ3n) is 6.65. The summed E-state index contributed by atoms with van der Waals surface area (Å²) in [5.41, 5.74) is 2.57. The lowest BCUT2D eigenvalue weighted by Crippen LogP contribution is -2.52. The van der Waals surface area contributed by atoms with E-state index in [-0.39, 0.29) is 23.7 Å². The molecular weight excluding hydrogens is 390 g/mol. The first-order valence-corrected chi connectivity index (χ1v) is 11.3. The molecule has 1 amide bonds. The summed E-state index contributed by atoms with van der Waals surface area (Å²) in [6.45, 7) is 6.08. The van der Waals surface area contributed by atoms with E-state index in [4.69, 9.17) is 14.2 Å². The van der Waals surface area contributed by atoms with Crippen LogP contribution < -0.4 is 4.74 Å². The lowest BCUT2D eigenvalue weighted by atomic mass is 9.80. The SMILES string of the molecule is CCOC1CC(c2ccccc2)OC2(CCN(C(=O)c3cccc(C)c3OC)CC2)C1. The van der Waals surface area contributed by atoms with Crippen molar-refractivity contribution >= 4 is 5.91 Å². The van der Waals surface area contributed by atoms with Gasteiger partial charge in [-0.15, -0.1) is 0 Å². The number of rotatable bonds is 5. The van der Waals surface area contributed by atoms with Crippen molar-refractivity contribution in [1.82, 2.24) is 4.90 Å². The van der Waals surface area contributed by atoms with Gasteiger partial charge in [0, 0.05) is 32.5 Å². The van der Waals surface area contributed by atoms with Gasteiger partial charge in [-0.05, 0) is 43.9 Å². The Morgan fingerprint density at radius 3 is 2.55 bits per heavy atom. The summed E-state index contributed by atoms with van der Waals surface area (Å²) in [6, 6.07) is 16.2. The minimum absolute atomic E-state index is 0.0330. The van der Waals surface area contributed by atoms with Crippen LogP contribution in [-0.2, 0) is 9.47 Å². The summed E-state index contributed by atoms with van der Waals surface area (Å²) < 4.78 is 18.3. The number of benzene rings is 2. The summed E-state index contributed by atoms with van der Waals surface area (Å²) >= 11 is 0. The second kappa shape index (κ2) is 9.41. The number of amides is 1. The van der Waals surface area contributed by atoms with Crippen molar-refractivity contribution in [3.05, 3.63) is 65.2 Å². The summed E-state index contributed by atoms with van der Waals surface area (Å²) in [5.74, 6) is 0.703. The highest BCUT2D eigenvalue weighted by Gasteiger charge is 2.45. The molecule has 1 spiro atoms. The molecule has 2 saturated heterocycles. The lowest BCUT2D eigenvalue weighted by molar-refractivity contribution is -0.190. The van der Waals surface area contributed by atoms with E-state index in [0.29, 0.717) is 31.0 Å². The predicted octanol–water partition coefficient (Wildman–Crippen LogP) is 4.94. The van der Waals surface area contributed by atoms with Crippen molar-refractivity contribution in [2.45, 2.75) is 57.3 Å². The maximum atomic E-state index is 13.2. The average molecular weight is 424 g/mol. The van der Waals surface area contributed by atoms with Gasteiger partial charge in [-0.25, -0.2) is 0 Å². The fourth-order valence-corrected chi connectivity index (χ4v) is 5.07. The zero-order valence-corrected chi connectivity index (χ0v) is 18.8.